The van der Waals surface area contributed by atoms with Crippen LogP contribution in [0.5, 0.6) is 0 Å². The van der Waals surface area contributed by atoms with Crippen molar-refractivity contribution in [1.82, 2.24) is 5.48 Å². The van der Waals surface area contributed by atoms with Gasteiger partial charge >= 0.3 is 0 Å². The first-order chi connectivity index (χ1) is 8.43. The lowest BCUT2D eigenvalue weighted by Gasteiger charge is -2.28. The van der Waals surface area contributed by atoms with E-state index in [0.717, 1.165) is 5.84 Å². The van der Waals surface area contributed by atoms with Gasteiger partial charge in [0.05, 0.1) is 0 Å². The van der Waals surface area contributed by atoms with Crippen molar-refractivity contribution in [2.45, 2.75) is 52.2 Å². The maximum atomic E-state index is 5.32. The van der Waals surface area contributed by atoms with Crippen molar-refractivity contribution in [1.29, 1.82) is 0 Å². The molecule has 0 spiro atoms. The zero-order valence-corrected chi connectivity index (χ0v) is 11.8. The summed E-state index contributed by atoms with van der Waals surface area (Å²) >= 11 is 0. The van der Waals surface area contributed by atoms with Crippen LogP contribution >= 0.6 is 0 Å². The van der Waals surface area contributed by atoms with Crippen molar-refractivity contribution in [3.63, 3.8) is 0 Å². The minimum Gasteiger partial charge on any atom is -0.250 e. The Balaban J connectivity index is 2.44. The highest BCUT2D eigenvalue weighted by Gasteiger charge is 2.33. The molecule has 98 valence electrons. The van der Waals surface area contributed by atoms with E-state index in [2.05, 4.69) is 62.4 Å². The van der Waals surface area contributed by atoms with E-state index < -0.39 is 0 Å². The summed E-state index contributed by atoms with van der Waals surface area (Å²) in [4.78, 5) is 9.84. The third-order valence-electron chi connectivity index (χ3n) is 3.49. The van der Waals surface area contributed by atoms with Crippen LogP contribution < -0.4 is 5.48 Å². The zero-order chi connectivity index (χ0) is 13.3. The number of aliphatic imine (C=N–C) groups is 1. The zero-order valence-electron chi connectivity index (χ0n) is 11.8. The number of nitrogens with zero attached hydrogens (tertiary/aromatic N) is 1. The number of nitrogens with one attached hydrogen (secondary N) is 1. The minimum atomic E-state index is -0.161. The Morgan fingerprint density at radius 1 is 1.28 bits per heavy atom. The second-order valence-corrected chi connectivity index (χ2v) is 5.66. The molecule has 0 saturated carbocycles. The first kappa shape index (κ1) is 13.1. The molecule has 0 saturated heterocycles. The van der Waals surface area contributed by atoms with Crippen LogP contribution in [0.1, 0.15) is 51.7 Å². The average Bonchev–Trinajstić information content (AvgIpc) is 2.76. The van der Waals surface area contributed by atoms with Gasteiger partial charge < -0.3 is 0 Å². The van der Waals surface area contributed by atoms with Crippen LogP contribution in [-0.4, -0.2) is 12.1 Å². The maximum absolute atomic E-state index is 5.32. The lowest BCUT2D eigenvalue weighted by Crippen LogP contribution is -2.37. The van der Waals surface area contributed by atoms with Gasteiger partial charge in [-0.3, -0.25) is 0 Å². The number of hydroxylamine groups is 1. The standard InChI is InChI=1S/C15H22N2O/c1-10(2)12-8-6-7-9-13(12)15(4,5)14-16-11(3)18-17-14/h6-11H,1-5H3,(H,16,17). The molecule has 0 bridgehead atoms. The number of hydrogen-bond donors (Lipinski definition) is 1. The summed E-state index contributed by atoms with van der Waals surface area (Å²) in [5.41, 5.74) is 5.48. The molecule has 1 aliphatic heterocycles. The Kier molecular flexibility index (Phi) is 3.44. The van der Waals surface area contributed by atoms with Gasteiger partial charge in [-0.1, -0.05) is 38.1 Å². The molecule has 18 heavy (non-hydrogen) atoms. The second-order valence-electron chi connectivity index (χ2n) is 5.66. The summed E-state index contributed by atoms with van der Waals surface area (Å²) in [6.07, 6.45) is -0.106. The van der Waals surface area contributed by atoms with Gasteiger partial charge in [0.1, 0.15) is 5.84 Å². The molecule has 3 nitrogen and oxygen atoms in total. The molecule has 3 heteroatoms. The lowest BCUT2D eigenvalue weighted by atomic mass is 9.78. The van der Waals surface area contributed by atoms with Gasteiger partial charge in [0.15, 0.2) is 6.23 Å². The van der Waals surface area contributed by atoms with E-state index in [1.807, 2.05) is 6.92 Å². The van der Waals surface area contributed by atoms with Crippen molar-refractivity contribution in [3.8, 4) is 0 Å². The smallest absolute Gasteiger partial charge is 0.174 e. The molecular weight excluding hydrogens is 224 g/mol. The summed E-state index contributed by atoms with van der Waals surface area (Å²) in [7, 11) is 0. The summed E-state index contributed by atoms with van der Waals surface area (Å²) in [5.74, 6) is 1.41. The Hall–Kier alpha value is -1.35. The van der Waals surface area contributed by atoms with Gasteiger partial charge in [0.2, 0.25) is 0 Å². The van der Waals surface area contributed by atoms with E-state index in [9.17, 15) is 0 Å². The third-order valence-corrected chi connectivity index (χ3v) is 3.49. The Morgan fingerprint density at radius 2 is 1.94 bits per heavy atom. The van der Waals surface area contributed by atoms with Crippen LogP contribution in [0.15, 0.2) is 29.3 Å². The van der Waals surface area contributed by atoms with Crippen molar-refractivity contribution in [3.05, 3.63) is 35.4 Å². The normalized spacial score (nSPS) is 19.9. The lowest BCUT2D eigenvalue weighted by molar-refractivity contribution is 0.0487. The highest BCUT2D eigenvalue weighted by Crippen LogP contribution is 2.32. The monoisotopic (exact) mass is 246 g/mol. The quantitative estimate of drug-likeness (QED) is 0.887. The van der Waals surface area contributed by atoms with E-state index in [0.29, 0.717) is 5.92 Å². The molecule has 1 atom stereocenters. The number of benzene rings is 1. The Morgan fingerprint density at radius 3 is 2.50 bits per heavy atom. The predicted molar refractivity (Wildman–Crippen MR) is 74.7 cm³/mol. The molecule has 0 fully saturated rings. The van der Waals surface area contributed by atoms with Crippen LogP contribution in [0.25, 0.3) is 0 Å². The predicted octanol–water partition coefficient (Wildman–Crippen LogP) is 3.37. The number of hydrogen-bond acceptors (Lipinski definition) is 3. The van der Waals surface area contributed by atoms with Crippen LogP contribution in [0, 0.1) is 0 Å². The van der Waals surface area contributed by atoms with Gasteiger partial charge in [-0.15, -0.1) is 0 Å². The van der Waals surface area contributed by atoms with Crippen molar-refractivity contribution in [2.75, 3.05) is 0 Å². The van der Waals surface area contributed by atoms with E-state index in [1.54, 1.807) is 0 Å². The van der Waals surface area contributed by atoms with E-state index >= 15 is 0 Å². The number of amidine groups is 1. The first-order valence-electron chi connectivity index (χ1n) is 6.52. The van der Waals surface area contributed by atoms with Crippen LogP contribution in [0.2, 0.25) is 0 Å². The molecule has 2 rings (SSSR count). The highest BCUT2D eigenvalue weighted by molar-refractivity contribution is 5.92. The molecule has 1 aromatic carbocycles. The molecule has 0 aliphatic carbocycles. The van der Waals surface area contributed by atoms with Crippen LogP contribution in [0.4, 0.5) is 0 Å². The fourth-order valence-electron chi connectivity index (χ4n) is 2.36. The van der Waals surface area contributed by atoms with Gasteiger partial charge in [-0.2, -0.15) is 0 Å². The summed E-state index contributed by atoms with van der Waals surface area (Å²) < 4.78 is 0. The van der Waals surface area contributed by atoms with Crippen LogP contribution in [-0.2, 0) is 10.3 Å². The molecule has 0 amide bonds. The number of rotatable bonds is 3. The molecule has 1 N–H and O–H groups in total. The van der Waals surface area contributed by atoms with Gasteiger partial charge in [0.25, 0.3) is 0 Å². The molecule has 0 aromatic heterocycles. The van der Waals surface area contributed by atoms with Crippen LogP contribution in [0.3, 0.4) is 0 Å². The summed E-state index contributed by atoms with van der Waals surface area (Å²) in [6, 6.07) is 8.56. The fraction of sp³-hybridized carbons (Fsp3) is 0.533. The summed E-state index contributed by atoms with van der Waals surface area (Å²) in [6.45, 7) is 10.7. The molecule has 1 heterocycles. The average molecular weight is 246 g/mol. The Bertz CT molecular complexity index is 463. The topological polar surface area (TPSA) is 33.6 Å². The molecular formula is C15H22N2O. The SMILES string of the molecule is CC1N=C(C(C)(C)c2ccccc2C(C)C)NO1. The minimum absolute atomic E-state index is 0.106. The first-order valence-corrected chi connectivity index (χ1v) is 6.52. The van der Waals surface area contributed by atoms with E-state index in [-0.39, 0.29) is 11.6 Å². The Labute approximate surface area is 109 Å². The molecule has 0 radical (unpaired) electrons. The van der Waals surface area contributed by atoms with Gasteiger partial charge in [-0.05, 0) is 37.8 Å². The fourth-order valence-corrected chi connectivity index (χ4v) is 2.36. The second kappa shape index (κ2) is 4.73. The molecule has 1 aromatic rings. The molecule has 1 unspecified atom stereocenters. The van der Waals surface area contributed by atoms with E-state index in [1.165, 1.54) is 11.1 Å². The third kappa shape index (κ3) is 2.27. The molecule has 1 aliphatic rings. The van der Waals surface area contributed by atoms with Crippen molar-refractivity contribution >= 4 is 5.84 Å². The summed E-state index contributed by atoms with van der Waals surface area (Å²) in [5, 5.41) is 0. The highest BCUT2D eigenvalue weighted by atomic mass is 16.7. The maximum Gasteiger partial charge on any atom is 0.174 e. The van der Waals surface area contributed by atoms with Gasteiger partial charge in [-0.25, -0.2) is 15.3 Å². The van der Waals surface area contributed by atoms with Gasteiger partial charge in [0, 0.05) is 5.41 Å². The largest absolute Gasteiger partial charge is 0.250 e. The van der Waals surface area contributed by atoms with E-state index in [4.69, 9.17) is 4.84 Å². The van der Waals surface area contributed by atoms with Crippen molar-refractivity contribution < 1.29 is 4.84 Å². The van der Waals surface area contributed by atoms with Crippen molar-refractivity contribution in [2.24, 2.45) is 4.99 Å².